The number of amidine groups is 1. The SMILES string of the molecule is C=CCN1C(=O)C(=C2Sc3ccc(OC)cc3N2C)SC1=Nc1ccc(Cl)c(Cl)c1. The highest BCUT2D eigenvalue weighted by atomic mass is 35.5. The molecule has 0 aliphatic carbocycles. The molecule has 2 aromatic carbocycles. The molecule has 2 aliphatic rings. The molecule has 5 nitrogen and oxygen atoms in total. The van der Waals surface area contributed by atoms with E-state index in [1.165, 1.54) is 11.8 Å². The lowest BCUT2D eigenvalue weighted by molar-refractivity contribution is -0.121. The number of fused-ring (bicyclic) bond motifs is 1. The van der Waals surface area contributed by atoms with Crippen molar-refractivity contribution in [1.29, 1.82) is 0 Å². The van der Waals surface area contributed by atoms with Crippen LogP contribution in [0.3, 0.4) is 0 Å². The summed E-state index contributed by atoms with van der Waals surface area (Å²) in [6.45, 7) is 4.13. The molecular weight excluding hydrogens is 461 g/mol. The van der Waals surface area contributed by atoms with Crippen LogP contribution in [0, 0.1) is 0 Å². The van der Waals surface area contributed by atoms with Gasteiger partial charge in [-0.15, -0.1) is 6.58 Å². The molecule has 0 bridgehead atoms. The van der Waals surface area contributed by atoms with Crippen molar-refractivity contribution < 1.29 is 9.53 Å². The van der Waals surface area contributed by atoms with Crippen LogP contribution in [-0.4, -0.2) is 36.7 Å². The lowest BCUT2D eigenvalue weighted by Crippen LogP contribution is -2.29. The molecule has 0 radical (unpaired) electrons. The molecule has 154 valence electrons. The number of amides is 1. The van der Waals surface area contributed by atoms with Crippen molar-refractivity contribution in [3.05, 3.63) is 69.0 Å². The summed E-state index contributed by atoms with van der Waals surface area (Å²) in [4.78, 5) is 23.2. The number of rotatable bonds is 4. The van der Waals surface area contributed by atoms with E-state index >= 15 is 0 Å². The summed E-state index contributed by atoms with van der Waals surface area (Å²) in [5.41, 5.74) is 1.63. The molecule has 2 aromatic rings. The predicted molar refractivity (Wildman–Crippen MR) is 127 cm³/mol. The van der Waals surface area contributed by atoms with E-state index in [-0.39, 0.29) is 5.91 Å². The summed E-state index contributed by atoms with van der Waals surface area (Å²) in [5, 5.41) is 2.31. The average Bonchev–Trinajstić information content (AvgIpc) is 3.22. The third-order valence-corrected chi connectivity index (χ3v) is 7.71. The number of hydrogen-bond acceptors (Lipinski definition) is 6. The van der Waals surface area contributed by atoms with E-state index in [0.717, 1.165) is 21.4 Å². The quantitative estimate of drug-likeness (QED) is 0.389. The first-order valence-corrected chi connectivity index (χ1v) is 11.3. The molecule has 9 heteroatoms. The van der Waals surface area contributed by atoms with E-state index in [2.05, 4.69) is 11.6 Å². The Morgan fingerprint density at radius 3 is 2.67 bits per heavy atom. The molecule has 0 saturated carbocycles. The topological polar surface area (TPSA) is 45.1 Å². The molecule has 4 rings (SSSR count). The Labute approximate surface area is 193 Å². The Kier molecular flexibility index (Phi) is 6.06. The van der Waals surface area contributed by atoms with Gasteiger partial charge in [0.1, 0.15) is 10.7 Å². The van der Waals surface area contributed by atoms with Crippen LogP contribution >= 0.6 is 46.7 Å². The van der Waals surface area contributed by atoms with E-state index in [9.17, 15) is 4.79 Å². The van der Waals surface area contributed by atoms with Gasteiger partial charge in [-0.2, -0.15) is 0 Å². The molecule has 0 unspecified atom stereocenters. The number of anilines is 1. The van der Waals surface area contributed by atoms with Crippen molar-refractivity contribution in [2.45, 2.75) is 4.90 Å². The van der Waals surface area contributed by atoms with Crippen LogP contribution in [-0.2, 0) is 4.79 Å². The van der Waals surface area contributed by atoms with Gasteiger partial charge in [0.15, 0.2) is 5.17 Å². The van der Waals surface area contributed by atoms with Crippen LogP contribution < -0.4 is 9.64 Å². The van der Waals surface area contributed by atoms with Crippen molar-refractivity contribution in [1.82, 2.24) is 4.90 Å². The number of thioether (sulfide) groups is 2. The van der Waals surface area contributed by atoms with Crippen LogP contribution in [0.1, 0.15) is 0 Å². The molecule has 30 heavy (non-hydrogen) atoms. The number of aliphatic imine (C=N–C) groups is 1. The Bertz CT molecular complexity index is 1120. The van der Waals surface area contributed by atoms with Crippen molar-refractivity contribution in [3.63, 3.8) is 0 Å². The molecule has 0 spiro atoms. The van der Waals surface area contributed by atoms with Crippen LogP contribution in [0.4, 0.5) is 11.4 Å². The van der Waals surface area contributed by atoms with E-state index in [1.54, 1.807) is 48.0 Å². The first-order chi connectivity index (χ1) is 14.4. The Morgan fingerprint density at radius 1 is 1.17 bits per heavy atom. The van der Waals surface area contributed by atoms with Crippen molar-refractivity contribution in [2.24, 2.45) is 4.99 Å². The van der Waals surface area contributed by atoms with Crippen LogP contribution in [0.5, 0.6) is 5.75 Å². The maximum Gasteiger partial charge on any atom is 0.269 e. The van der Waals surface area contributed by atoms with E-state index in [4.69, 9.17) is 27.9 Å². The van der Waals surface area contributed by atoms with E-state index < -0.39 is 0 Å². The smallest absolute Gasteiger partial charge is 0.269 e. The number of ether oxygens (including phenoxy) is 1. The fourth-order valence-electron chi connectivity index (χ4n) is 3.03. The summed E-state index contributed by atoms with van der Waals surface area (Å²) in [7, 11) is 3.58. The van der Waals surface area contributed by atoms with Crippen LogP contribution in [0.2, 0.25) is 10.0 Å². The molecule has 0 aromatic heterocycles. The molecule has 2 aliphatic heterocycles. The maximum absolute atomic E-state index is 13.2. The lowest BCUT2D eigenvalue weighted by atomic mass is 10.3. The normalized spacial score (nSPS) is 19.6. The minimum absolute atomic E-state index is 0.104. The summed E-state index contributed by atoms with van der Waals surface area (Å²) in [6.07, 6.45) is 1.68. The molecule has 0 atom stereocenters. The van der Waals surface area contributed by atoms with Gasteiger partial charge >= 0.3 is 0 Å². The molecule has 1 saturated heterocycles. The second kappa shape index (κ2) is 8.59. The summed E-state index contributed by atoms with van der Waals surface area (Å²) in [5.74, 6) is 0.667. The van der Waals surface area contributed by atoms with Gasteiger partial charge in [-0.25, -0.2) is 4.99 Å². The number of carbonyl (C=O) groups is 1. The summed E-state index contributed by atoms with van der Waals surface area (Å²) >= 11 is 15.0. The third kappa shape index (κ3) is 3.83. The number of benzene rings is 2. The second-order valence-corrected chi connectivity index (χ2v) is 9.25. The predicted octanol–water partition coefficient (Wildman–Crippen LogP) is 6.16. The number of halogens is 2. The zero-order chi connectivity index (χ0) is 21.4. The van der Waals surface area contributed by atoms with Gasteiger partial charge in [-0.05, 0) is 42.1 Å². The number of carbonyl (C=O) groups excluding carboxylic acids is 1. The van der Waals surface area contributed by atoms with Gasteiger partial charge < -0.3 is 9.64 Å². The maximum atomic E-state index is 13.2. The third-order valence-electron chi connectivity index (χ3n) is 4.54. The second-order valence-electron chi connectivity index (χ2n) is 6.43. The highest BCUT2D eigenvalue weighted by Crippen LogP contribution is 2.51. The highest BCUT2D eigenvalue weighted by molar-refractivity contribution is 8.19. The van der Waals surface area contributed by atoms with E-state index in [1.807, 2.05) is 30.1 Å². The van der Waals surface area contributed by atoms with Gasteiger partial charge in [0.25, 0.3) is 5.91 Å². The lowest BCUT2D eigenvalue weighted by Gasteiger charge is -2.15. The minimum atomic E-state index is -0.104. The molecule has 1 fully saturated rings. The van der Waals surface area contributed by atoms with Crippen LogP contribution in [0.25, 0.3) is 0 Å². The van der Waals surface area contributed by atoms with Crippen LogP contribution in [0.15, 0.2) is 68.9 Å². The number of nitrogens with zero attached hydrogens (tertiary/aromatic N) is 3. The zero-order valence-electron chi connectivity index (χ0n) is 16.2. The summed E-state index contributed by atoms with van der Waals surface area (Å²) in [6, 6.07) is 11.0. The number of hydrogen-bond donors (Lipinski definition) is 0. The van der Waals surface area contributed by atoms with Gasteiger partial charge in [0.05, 0.1) is 33.6 Å². The summed E-state index contributed by atoms with van der Waals surface area (Å²) < 4.78 is 5.34. The van der Waals surface area contributed by atoms with Crippen molar-refractivity contribution in [3.8, 4) is 5.75 Å². The molecule has 0 N–H and O–H groups in total. The van der Waals surface area contributed by atoms with Crippen molar-refractivity contribution in [2.75, 3.05) is 25.6 Å². The zero-order valence-corrected chi connectivity index (χ0v) is 19.3. The fraction of sp³-hybridized carbons (Fsp3) is 0.143. The minimum Gasteiger partial charge on any atom is -0.497 e. The van der Waals surface area contributed by atoms with Gasteiger partial charge in [-0.3, -0.25) is 9.69 Å². The molecule has 1 amide bonds. The Morgan fingerprint density at radius 2 is 1.97 bits per heavy atom. The first-order valence-electron chi connectivity index (χ1n) is 8.91. The van der Waals surface area contributed by atoms with Crippen molar-refractivity contribution >= 4 is 69.2 Å². The monoisotopic (exact) mass is 477 g/mol. The Hall–Kier alpha value is -2.06. The highest BCUT2D eigenvalue weighted by Gasteiger charge is 2.38. The van der Waals surface area contributed by atoms with Gasteiger partial charge in [0.2, 0.25) is 0 Å². The number of methoxy groups -OCH3 is 1. The van der Waals surface area contributed by atoms with Gasteiger partial charge in [-0.1, -0.05) is 41.0 Å². The molecule has 2 heterocycles. The Balaban J connectivity index is 1.73. The average molecular weight is 478 g/mol. The largest absolute Gasteiger partial charge is 0.497 e. The van der Waals surface area contributed by atoms with Gasteiger partial charge in [0, 0.05) is 24.6 Å². The fourth-order valence-corrected chi connectivity index (χ4v) is 5.65. The molecular formula is C21H17Cl2N3O2S2. The first kappa shape index (κ1) is 21.2. The standard InChI is InChI=1S/C21H17Cl2N3O2S2/c1-4-9-26-19(27)18(30-21(26)24-12-5-7-14(22)15(23)10-12)20-25(2)16-11-13(28-3)6-8-17(16)29-20/h4-8,10-11H,1,9H2,2-3H3. The van der Waals surface area contributed by atoms with E-state index in [0.29, 0.717) is 32.4 Å².